The van der Waals surface area contributed by atoms with Gasteiger partial charge in [-0.1, -0.05) is 24.3 Å². The summed E-state index contributed by atoms with van der Waals surface area (Å²) in [5, 5.41) is 4.53. The van der Waals surface area contributed by atoms with Crippen molar-refractivity contribution in [3.8, 4) is 0 Å². The zero-order chi connectivity index (χ0) is 14.7. The fourth-order valence-electron chi connectivity index (χ4n) is 1.60. The first-order chi connectivity index (χ1) is 9.49. The van der Waals surface area contributed by atoms with Gasteiger partial charge in [-0.05, 0) is 17.4 Å². The van der Waals surface area contributed by atoms with Gasteiger partial charge in [-0.15, -0.1) is 9.24 Å². The lowest BCUT2D eigenvalue weighted by atomic mass is 10.1. The van der Waals surface area contributed by atoms with Gasteiger partial charge in [-0.3, -0.25) is 20.2 Å². The molecule has 1 aliphatic rings. The zero-order valence-electron chi connectivity index (χ0n) is 10.1. The first-order valence-electron chi connectivity index (χ1n) is 5.58. The van der Waals surface area contributed by atoms with E-state index in [-0.39, 0.29) is 5.57 Å². The van der Waals surface area contributed by atoms with Crippen molar-refractivity contribution in [1.29, 1.82) is 0 Å². The molecule has 4 amide bonds. The van der Waals surface area contributed by atoms with Crippen LogP contribution in [0.1, 0.15) is 5.56 Å². The number of carbonyl (C=O) groups is 3. The van der Waals surface area contributed by atoms with Crippen LogP contribution < -0.4 is 15.9 Å². The van der Waals surface area contributed by atoms with Crippen LogP contribution in [0.25, 0.3) is 6.08 Å². The summed E-state index contributed by atoms with van der Waals surface area (Å²) in [5.74, 6) is -1.99. The van der Waals surface area contributed by atoms with Crippen molar-refractivity contribution in [2.45, 2.75) is 0 Å². The van der Waals surface area contributed by atoms with E-state index in [4.69, 9.17) is 0 Å². The number of amides is 4. The summed E-state index contributed by atoms with van der Waals surface area (Å²) in [5.41, 5.74) is 0.115. The minimum absolute atomic E-state index is 0.220. The van der Waals surface area contributed by atoms with Crippen LogP contribution in [0.5, 0.6) is 0 Å². The monoisotopic (exact) mass is 292 g/mol. The molecule has 2 rings (SSSR count). The minimum Gasteiger partial charge on any atom is -0.273 e. The lowest BCUT2D eigenvalue weighted by Gasteiger charge is -2.13. The topological polar surface area (TPSA) is 75.3 Å². The number of nitrogens with one attached hydrogen (secondary N) is 2. The van der Waals surface area contributed by atoms with Crippen LogP contribution in [-0.4, -0.2) is 17.8 Å². The number of allylic oxidation sites excluding steroid dienone is 2. The number of urea groups is 1. The van der Waals surface area contributed by atoms with Crippen LogP contribution in [0.4, 0.5) is 9.18 Å². The van der Waals surface area contributed by atoms with Crippen molar-refractivity contribution in [2.75, 3.05) is 0 Å². The molecule has 7 heteroatoms. The van der Waals surface area contributed by atoms with E-state index in [2.05, 4.69) is 9.24 Å². The molecule has 0 radical (unpaired) electrons. The summed E-state index contributed by atoms with van der Waals surface area (Å²) in [6, 6.07) is 3.72. The molecule has 0 saturated carbocycles. The molecular weight excluding hydrogens is 282 g/mol. The fourth-order valence-corrected chi connectivity index (χ4v) is 1.94. The highest BCUT2D eigenvalue weighted by Gasteiger charge is 2.26. The van der Waals surface area contributed by atoms with Gasteiger partial charge in [-0.2, -0.15) is 0 Å². The molecule has 1 unspecified atom stereocenters. The average molecular weight is 292 g/mol. The Hall–Kier alpha value is -2.33. The molecule has 0 spiro atoms. The van der Waals surface area contributed by atoms with E-state index >= 15 is 0 Å². The van der Waals surface area contributed by atoms with Gasteiger partial charge in [0, 0.05) is 5.56 Å². The average Bonchev–Trinajstić information content (AvgIpc) is 2.35. The molecule has 0 aliphatic carbocycles. The fraction of sp³-hybridized carbons (Fsp3) is 0. The summed E-state index contributed by atoms with van der Waals surface area (Å²) < 4.78 is 13.5. The highest BCUT2D eigenvalue weighted by Crippen LogP contribution is 2.10. The van der Waals surface area contributed by atoms with E-state index in [9.17, 15) is 18.8 Å². The van der Waals surface area contributed by atoms with Crippen LogP contribution >= 0.6 is 9.24 Å². The maximum atomic E-state index is 13.5. The molecular formula is C13H10FN2O3P. The number of rotatable bonds is 2. The molecule has 102 valence electrons. The molecule has 1 fully saturated rings. The van der Waals surface area contributed by atoms with Crippen molar-refractivity contribution in [2.24, 2.45) is 0 Å². The van der Waals surface area contributed by atoms with Crippen molar-refractivity contribution in [3.05, 3.63) is 47.3 Å². The van der Waals surface area contributed by atoms with Gasteiger partial charge >= 0.3 is 6.03 Å². The molecule has 0 bridgehead atoms. The van der Waals surface area contributed by atoms with Crippen LogP contribution in [-0.2, 0) is 9.59 Å². The van der Waals surface area contributed by atoms with E-state index < -0.39 is 23.7 Å². The Bertz CT molecular complexity index is 625. The summed E-state index contributed by atoms with van der Waals surface area (Å²) in [4.78, 5) is 33.7. The Morgan fingerprint density at radius 2 is 1.75 bits per heavy atom. The molecule has 0 aromatic heterocycles. The molecule has 1 saturated heterocycles. The lowest BCUT2D eigenvalue weighted by molar-refractivity contribution is -0.124. The van der Waals surface area contributed by atoms with Gasteiger partial charge in [-0.25, -0.2) is 9.18 Å². The summed E-state index contributed by atoms with van der Waals surface area (Å²) in [6.45, 7) is 0. The third-order valence-corrected chi connectivity index (χ3v) is 3.06. The highest BCUT2D eigenvalue weighted by molar-refractivity contribution is 7.27. The van der Waals surface area contributed by atoms with Crippen LogP contribution in [0.2, 0.25) is 0 Å². The van der Waals surface area contributed by atoms with Crippen LogP contribution in [0.3, 0.4) is 0 Å². The molecule has 1 heterocycles. The SMILES string of the molecule is O=C1NC(=O)C(=C/C=C/c2c(F)cccc2P)C(=O)N1. The van der Waals surface area contributed by atoms with Gasteiger partial charge < -0.3 is 0 Å². The number of hydrogen-bond donors (Lipinski definition) is 2. The summed E-state index contributed by atoms with van der Waals surface area (Å²) in [6.07, 6.45) is 4.02. The maximum absolute atomic E-state index is 13.5. The van der Waals surface area contributed by atoms with Gasteiger partial charge in [0.1, 0.15) is 11.4 Å². The second-order valence-corrected chi connectivity index (χ2v) is 4.54. The normalized spacial score (nSPS) is 15.3. The number of barbiturate groups is 1. The predicted molar refractivity (Wildman–Crippen MR) is 74.5 cm³/mol. The number of hydrogen-bond acceptors (Lipinski definition) is 3. The van der Waals surface area contributed by atoms with E-state index in [1.165, 1.54) is 24.3 Å². The Balaban J connectivity index is 2.24. The Labute approximate surface area is 116 Å². The second-order valence-electron chi connectivity index (χ2n) is 3.92. The summed E-state index contributed by atoms with van der Waals surface area (Å²) >= 11 is 0. The predicted octanol–water partition coefficient (Wildman–Crippen LogP) is 0.632. The standard InChI is InChI=1S/C13H10FN2O3P/c14-9-5-2-6-10(20)7(9)3-1-4-8-11(17)15-13(19)16-12(8)18/h1-6H,20H2,(H2,15,16,17,18,19)/b3-1+. The molecule has 1 aromatic rings. The van der Waals surface area contributed by atoms with Gasteiger partial charge in [0.25, 0.3) is 11.8 Å². The first-order valence-corrected chi connectivity index (χ1v) is 6.16. The smallest absolute Gasteiger partial charge is 0.273 e. The second kappa shape index (κ2) is 5.75. The maximum Gasteiger partial charge on any atom is 0.328 e. The lowest BCUT2D eigenvalue weighted by Crippen LogP contribution is -2.51. The van der Waals surface area contributed by atoms with Gasteiger partial charge in [0.2, 0.25) is 0 Å². The highest BCUT2D eigenvalue weighted by atomic mass is 31.0. The molecule has 5 nitrogen and oxygen atoms in total. The third-order valence-electron chi connectivity index (χ3n) is 2.56. The van der Waals surface area contributed by atoms with Crippen molar-refractivity contribution >= 4 is 38.5 Å². The Morgan fingerprint density at radius 3 is 2.35 bits per heavy atom. The molecule has 1 aliphatic heterocycles. The molecule has 1 atom stereocenters. The Kier molecular flexibility index (Phi) is 4.05. The van der Waals surface area contributed by atoms with E-state index in [1.54, 1.807) is 12.1 Å². The minimum atomic E-state index is -0.859. The van der Waals surface area contributed by atoms with E-state index in [1.807, 2.05) is 10.6 Å². The molecule has 2 N–H and O–H groups in total. The van der Waals surface area contributed by atoms with E-state index in [0.717, 1.165) is 0 Å². The number of imide groups is 2. The number of halogens is 1. The zero-order valence-corrected chi connectivity index (χ0v) is 11.3. The van der Waals surface area contributed by atoms with Crippen LogP contribution in [0, 0.1) is 5.82 Å². The number of benzene rings is 1. The largest absolute Gasteiger partial charge is 0.328 e. The van der Waals surface area contributed by atoms with Gasteiger partial charge in [0.05, 0.1) is 0 Å². The molecule has 20 heavy (non-hydrogen) atoms. The van der Waals surface area contributed by atoms with E-state index in [0.29, 0.717) is 10.9 Å². The number of carbonyl (C=O) groups excluding carboxylic acids is 3. The molecule has 1 aromatic carbocycles. The summed E-state index contributed by atoms with van der Waals surface area (Å²) in [7, 11) is 2.39. The van der Waals surface area contributed by atoms with Gasteiger partial charge in [0.15, 0.2) is 0 Å². The quantitative estimate of drug-likeness (QED) is 0.477. The van der Waals surface area contributed by atoms with Crippen LogP contribution in [0.15, 0.2) is 35.9 Å². The van der Waals surface area contributed by atoms with Crippen molar-refractivity contribution in [1.82, 2.24) is 10.6 Å². The third kappa shape index (κ3) is 2.97. The Morgan fingerprint density at radius 1 is 1.10 bits per heavy atom. The van der Waals surface area contributed by atoms with Crippen molar-refractivity contribution in [3.63, 3.8) is 0 Å². The van der Waals surface area contributed by atoms with Crippen molar-refractivity contribution < 1.29 is 18.8 Å². The first kappa shape index (κ1) is 14.1.